The summed E-state index contributed by atoms with van der Waals surface area (Å²) >= 11 is 0. The Labute approximate surface area is 216 Å². The fourth-order valence-corrected chi connectivity index (χ4v) is 4.43. The molecule has 0 aliphatic heterocycles. The second kappa shape index (κ2) is 10.3. The molecule has 34 heavy (non-hydrogen) atoms. The Bertz CT molecular complexity index is 1320. The van der Waals surface area contributed by atoms with E-state index in [1.165, 1.54) is 22.3 Å². The van der Waals surface area contributed by atoms with Crippen LogP contribution in [0.5, 0.6) is 0 Å². The van der Waals surface area contributed by atoms with Gasteiger partial charge in [0, 0.05) is 27.3 Å². The molecule has 6 rings (SSSR count). The van der Waals surface area contributed by atoms with Gasteiger partial charge in [0.05, 0.1) is 0 Å². The molecule has 1 nitrogen and oxygen atoms in total. The summed E-state index contributed by atoms with van der Waals surface area (Å²) in [6, 6.07) is 44.6. The Morgan fingerprint density at radius 1 is 0.618 bits per heavy atom. The van der Waals surface area contributed by atoms with Crippen LogP contribution >= 0.6 is 0 Å². The van der Waals surface area contributed by atoms with Crippen LogP contribution in [0.3, 0.4) is 0 Å². The van der Waals surface area contributed by atoms with E-state index in [4.69, 9.17) is 0 Å². The van der Waals surface area contributed by atoms with Crippen molar-refractivity contribution in [3.63, 3.8) is 0 Å². The van der Waals surface area contributed by atoms with Gasteiger partial charge in [-0.2, -0.15) is 48.5 Å². The van der Waals surface area contributed by atoms with E-state index in [0.29, 0.717) is 0 Å². The van der Waals surface area contributed by atoms with E-state index >= 15 is 0 Å². The van der Waals surface area contributed by atoms with Gasteiger partial charge in [-0.1, -0.05) is 55.8 Å². The van der Waals surface area contributed by atoms with Gasteiger partial charge in [-0.15, -0.1) is 41.5 Å². The van der Waals surface area contributed by atoms with E-state index < -0.39 is 0 Å². The maximum absolute atomic E-state index is 4.44. The zero-order valence-electron chi connectivity index (χ0n) is 19.2. The SMILES string of the molecule is CC1(C)c2c[c-]c(-c3ccccn3)cc2-c2ccccc21.[Pt].[c-]1ccccc1-c1[c-]cccc1. The van der Waals surface area contributed by atoms with Crippen molar-refractivity contribution in [2.75, 3.05) is 0 Å². The Kier molecular flexibility index (Phi) is 7.25. The summed E-state index contributed by atoms with van der Waals surface area (Å²) < 4.78 is 0. The third kappa shape index (κ3) is 4.67. The molecule has 0 spiro atoms. The number of nitrogens with zero attached hydrogens (tertiary/aromatic N) is 1. The molecular formula is C32H24NPt-3. The van der Waals surface area contributed by atoms with Crippen LogP contribution in [0.25, 0.3) is 33.5 Å². The van der Waals surface area contributed by atoms with Gasteiger partial charge in [-0.05, 0) is 28.3 Å². The number of fused-ring (bicyclic) bond motifs is 3. The molecule has 0 unspecified atom stereocenters. The number of pyridine rings is 1. The van der Waals surface area contributed by atoms with Crippen LogP contribution in [0, 0.1) is 18.2 Å². The Hall–Kier alpha value is -3.28. The predicted octanol–water partition coefficient (Wildman–Crippen LogP) is 7.81. The number of hydrogen-bond acceptors (Lipinski definition) is 1. The summed E-state index contributed by atoms with van der Waals surface area (Å²) in [5, 5.41) is 0. The van der Waals surface area contributed by atoms with Crippen molar-refractivity contribution < 1.29 is 21.1 Å². The van der Waals surface area contributed by atoms with E-state index in [9.17, 15) is 0 Å². The normalized spacial score (nSPS) is 12.4. The summed E-state index contributed by atoms with van der Waals surface area (Å²) in [7, 11) is 0. The number of hydrogen-bond donors (Lipinski definition) is 0. The summed E-state index contributed by atoms with van der Waals surface area (Å²) in [5.41, 5.74) is 9.67. The van der Waals surface area contributed by atoms with E-state index in [2.05, 4.69) is 73.4 Å². The van der Waals surface area contributed by atoms with Gasteiger partial charge in [0.15, 0.2) is 0 Å². The minimum atomic E-state index is 0. The molecule has 5 aromatic rings. The molecule has 0 bridgehead atoms. The third-order valence-corrected chi connectivity index (χ3v) is 6.16. The van der Waals surface area contributed by atoms with Crippen molar-refractivity contribution in [3.8, 4) is 33.5 Å². The van der Waals surface area contributed by atoms with Crippen LogP contribution in [0.2, 0.25) is 0 Å². The first-order valence-electron chi connectivity index (χ1n) is 11.2. The van der Waals surface area contributed by atoms with Crippen LogP contribution in [-0.2, 0) is 26.5 Å². The van der Waals surface area contributed by atoms with E-state index in [1.54, 1.807) is 0 Å². The molecule has 0 saturated carbocycles. The van der Waals surface area contributed by atoms with E-state index in [0.717, 1.165) is 22.4 Å². The number of aromatic nitrogens is 1. The van der Waals surface area contributed by atoms with Crippen LogP contribution in [-0.4, -0.2) is 4.98 Å². The molecule has 4 aromatic carbocycles. The summed E-state index contributed by atoms with van der Waals surface area (Å²) in [6.45, 7) is 4.57. The molecule has 0 N–H and O–H groups in total. The molecule has 2 heteroatoms. The average Bonchev–Trinajstić information content (AvgIpc) is 3.12. The maximum atomic E-state index is 4.44. The first-order valence-corrected chi connectivity index (χ1v) is 11.2. The molecule has 170 valence electrons. The zero-order valence-corrected chi connectivity index (χ0v) is 21.4. The Morgan fingerprint density at radius 2 is 1.26 bits per heavy atom. The minimum Gasteiger partial charge on any atom is -0.305 e. The first kappa shape index (κ1) is 23.9. The molecule has 0 atom stereocenters. The smallest absolute Gasteiger partial charge is 0.0160 e. The maximum Gasteiger partial charge on any atom is 0.0160 e. The monoisotopic (exact) mass is 617 g/mol. The zero-order chi connectivity index (χ0) is 22.7. The van der Waals surface area contributed by atoms with Gasteiger partial charge < -0.3 is 4.98 Å². The predicted molar refractivity (Wildman–Crippen MR) is 136 cm³/mol. The van der Waals surface area contributed by atoms with Gasteiger partial charge in [-0.25, -0.2) is 11.1 Å². The van der Waals surface area contributed by atoms with Gasteiger partial charge >= 0.3 is 0 Å². The second-order valence-electron chi connectivity index (χ2n) is 8.61. The average molecular weight is 618 g/mol. The van der Waals surface area contributed by atoms with Crippen LogP contribution in [0.4, 0.5) is 0 Å². The van der Waals surface area contributed by atoms with Crippen molar-refractivity contribution in [1.82, 2.24) is 4.98 Å². The largest absolute Gasteiger partial charge is 0.305 e. The number of benzene rings is 4. The fraction of sp³-hybridized carbons (Fsp3) is 0.0938. The van der Waals surface area contributed by atoms with Crippen molar-refractivity contribution in [2.24, 2.45) is 0 Å². The summed E-state index contributed by atoms with van der Waals surface area (Å²) in [6.07, 6.45) is 1.83. The standard InChI is InChI=1S/C20H16N.C12H8.Pt/c1-20(2)17-8-4-3-7-15(17)16-13-14(10-11-18(16)20)19-9-5-6-12-21-19;1-3-7-11(8-4-1)12-9-5-2-6-10-12;/h3-9,11-13H,1-2H3;1-7,9H;/q-1;-2;. The van der Waals surface area contributed by atoms with Gasteiger partial charge in [-0.3, -0.25) is 0 Å². The summed E-state index contributed by atoms with van der Waals surface area (Å²) in [5.74, 6) is 0. The Balaban J connectivity index is 0.000000180. The minimum absolute atomic E-state index is 0. The Morgan fingerprint density at radius 3 is 1.88 bits per heavy atom. The third-order valence-electron chi connectivity index (χ3n) is 6.16. The van der Waals surface area contributed by atoms with Crippen molar-refractivity contribution in [2.45, 2.75) is 19.3 Å². The van der Waals surface area contributed by atoms with Gasteiger partial charge in [0.25, 0.3) is 0 Å². The van der Waals surface area contributed by atoms with Crippen molar-refractivity contribution in [3.05, 3.63) is 139 Å². The molecular weight excluding hydrogens is 593 g/mol. The van der Waals surface area contributed by atoms with Crippen LogP contribution in [0.1, 0.15) is 25.0 Å². The second-order valence-corrected chi connectivity index (χ2v) is 8.61. The number of rotatable bonds is 2. The summed E-state index contributed by atoms with van der Waals surface area (Å²) in [4.78, 5) is 4.44. The first-order chi connectivity index (χ1) is 16.1. The molecule has 0 saturated heterocycles. The van der Waals surface area contributed by atoms with E-state index in [1.807, 2.05) is 72.9 Å². The molecule has 1 heterocycles. The topological polar surface area (TPSA) is 12.9 Å². The molecule has 0 radical (unpaired) electrons. The molecule has 0 fully saturated rings. The molecule has 1 aliphatic rings. The molecule has 1 aliphatic carbocycles. The van der Waals surface area contributed by atoms with E-state index in [-0.39, 0.29) is 26.5 Å². The fourth-order valence-electron chi connectivity index (χ4n) is 4.43. The van der Waals surface area contributed by atoms with Crippen LogP contribution in [0.15, 0.2) is 109 Å². The van der Waals surface area contributed by atoms with Gasteiger partial charge in [0.2, 0.25) is 0 Å². The van der Waals surface area contributed by atoms with Crippen molar-refractivity contribution in [1.29, 1.82) is 0 Å². The van der Waals surface area contributed by atoms with Gasteiger partial charge in [0.1, 0.15) is 0 Å². The molecule has 1 aromatic heterocycles. The van der Waals surface area contributed by atoms with Crippen LogP contribution < -0.4 is 0 Å². The molecule has 0 amide bonds. The van der Waals surface area contributed by atoms with Crippen molar-refractivity contribution >= 4 is 0 Å². The quantitative estimate of drug-likeness (QED) is 0.184.